The highest BCUT2D eigenvalue weighted by Crippen LogP contribution is 2.26. The van der Waals surface area contributed by atoms with Gasteiger partial charge >= 0.3 is 0 Å². The lowest BCUT2D eigenvalue weighted by molar-refractivity contribution is -0.136. The van der Waals surface area contributed by atoms with E-state index >= 15 is 0 Å². The molecule has 1 aliphatic rings. The Morgan fingerprint density at radius 2 is 1.86 bits per heavy atom. The maximum atomic E-state index is 13.1. The number of nitrogens with zero attached hydrogens (tertiary/aromatic N) is 2. The van der Waals surface area contributed by atoms with Crippen molar-refractivity contribution >= 4 is 29.5 Å². The average molecular weight is 395 g/mol. The molecule has 0 bridgehead atoms. The molecule has 0 spiro atoms. The Labute approximate surface area is 171 Å². The monoisotopic (exact) mass is 394 g/mol. The van der Waals surface area contributed by atoms with Crippen LogP contribution in [-0.4, -0.2) is 36.7 Å². The highest BCUT2D eigenvalue weighted by atomic mass is 35.5. The molecule has 0 radical (unpaired) electrons. The largest absolute Gasteiger partial charge is 0.371 e. The molecule has 5 heteroatoms. The van der Waals surface area contributed by atoms with Crippen LogP contribution >= 0.6 is 11.6 Å². The second kappa shape index (κ2) is 9.43. The first-order valence-corrected chi connectivity index (χ1v) is 9.76. The zero-order valence-electron chi connectivity index (χ0n) is 15.7. The number of aldehydes is 1. The fourth-order valence-corrected chi connectivity index (χ4v) is 3.76. The van der Waals surface area contributed by atoms with Crippen molar-refractivity contribution in [2.24, 2.45) is 5.92 Å². The van der Waals surface area contributed by atoms with Gasteiger partial charge in [-0.1, -0.05) is 35.7 Å². The van der Waals surface area contributed by atoms with Crippen molar-refractivity contribution in [1.82, 2.24) is 4.90 Å². The molecule has 0 N–H and O–H groups in total. The lowest BCUT2D eigenvalue weighted by Gasteiger charge is -2.35. The minimum atomic E-state index is -0.0404. The molecule has 2 aromatic carbocycles. The van der Waals surface area contributed by atoms with Crippen molar-refractivity contribution in [1.29, 1.82) is 0 Å². The van der Waals surface area contributed by atoms with Crippen LogP contribution < -0.4 is 4.90 Å². The van der Waals surface area contributed by atoms with E-state index in [1.165, 1.54) is 0 Å². The third-order valence-corrected chi connectivity index (χ3v) is 5.52. The number of rotatable bonds is 6. The van der Waals surface area contributed by atoms with Crippen LogP contribution in [0.1, 0.15) is 28.8 Å². The Hall–Kier alpha value is -2.77. The van der Waals surface area contributed by atoms with E-state index < -0.39 is 0 Å². The smallest absolute Gasteiger partial charge is 0.226 e. The van der Waals surface area contributed by atoms with Gasteiger partial charge in [0.25, 0.3) is 0 Å². The van der Waals surface area contributed by atoms with Crippen LogP contribution in [0.4, 0.5) is 5.69 Å². The van der Waals surface area contributed by atoms with E-state index in [-0.39, 0.29) is 18.4 Å². The molecule has 144 valence electrons. The summed E-state index contributed by atoms with van der Waals surface area (Å²) in [5, 5.41) is 0.644. The van der Waals surface area contributed by atoms with Gasteiger partial charge in [0.15, 0.2) is 0 Å². The number of piperidine rings is 1. The van der Waals surface area contributed by atoms with E-state index in [4.69, 9.17) is 18.0 Å². The molecule has 0 aromatic heterocycles. The van der Waals surface area contributed by atoms with Crippen molar-refractivity contribution in [3.05, 3.63) is 64.7 Å². The molecule has 0 aliphatic carbocycles. The molecule has 0 saturated carbocycles. The standard InChI is InChI=1S/C23H23ClN2O2/c1-2-13-26(16-20-5-3-4-6-22(20)24)23(28)19-11-14-25(15-12-19)21-9-7-18(17-27)8-10-21/h1,3-10,17,19H,11-16H2. The summed E-state index contributed by atoms with van der Waals surface area (Å²) in [6, 6.07) is 15.1. The van der Waals surface area contributed by atoms with Crippen LogP contribution in [0.5, 0.6) is 0 Å². The van der Waals surface area contributed by atoms with E-state index in [1.54, 1.807) is 4.90 Å². The number of carbonyl (C=O) groups is 2. The summed E-state index contributed by atoms with van der Waals surface area (Å²) in [6.07, 6.45) is 7.89. The van der Waals surface area contributed by atoms with Gasteiger partial charge in [-0.25, -0.2) is 0 Å². The molecule has 0 atom stereocenters. The summed E-state index contributed by atoms with van der Waals surface area (Å²) in [6.45, 7) is 2.30. The summed E-state index contributed by atoms with van der Waals surface area (Å²) in [4.78, 5) is 27.8. The number of hydrogen-bond donors (Lipinski definition) is 0. The Balaban J connectivity index is 1.62. The van der Waals surface area contributed by atoms with Gasteiger partial charge in [0.1, 0.15) is 6.29 Å². The van der Waals surface area contributed by atoms with E-state index in [1.807, 2.05) is 48.5 Å². The Bertz CT molecular complexity index is 865. The Morgan fingerprint density at radius 3 is 2.46 bits per heavy atom. The number of amides is 1. The fourth-order valence-electron chi connectivity index (χ4n) is 3.56. The van der Waals surface area contributed by atoms with Crippen molar-refractivity contribution in [2.45, 2.75) is 19.4 Å². The van der Waals surface area contributed by atoms with Gasteiger partial charge in [-0.3, -0.25) is 9.59 Å². The predicted molar refractivity (Wildman–Crippen MR) is 112 cm³/mol. The van der Waals surface area contributed by atoms with Crippen LogP contribution in [-0.2, 0) is 11.3 Å². The van der Waals surface area contributed by atoms with Crippen molar-refractivity contribution < 1.29 is 9.59 Å². The lowest BCUT2D eigenvalue weighted by atomic mass is 9.94. The van der Waals surface area contributed by atoms with Crippen LogP contribution in [0.2, 0.25) is 5.02 Å². The van der Waals surface area contributed by atoms with Gasteiger partial charge in [0.05, 0.1) is 6.54 Å². The predicted octanol–water partition coefficient (Wildman–Crippen LogP) is 4.03. The highest BCUT2D eigenvalue weighted by Gasteiger charge is 2.28. The molecular weight excluding hydrogens is 372 g/mol. The van der Waals surface area contributed by atoms with Crippen molar-refractivity contribution in [3.63, 3.8) is 0 Å². The van der Waals surface area contributed by atoms with Gasteiger partial charge in [-0.2, -0.15) is 0 Å². The van der Waals surface area contributed by atoms with Crippen LogP contribution in [0.25, 0.3) is 0 Å². The van der Waals surface area contributed by atoms with E-state index in [9.17, 15) is 9.59 Å². The number of anilines is 1. The number of hydrogen-bond acceptors (Lipinski definition) is 3. The zero-order chi connectivity index (χ0) is 19.9. The molecule has 3 rings (SSSR count). The number of terminal acetylenes is 1. The SMILES string of the molecule is C#CCN(Cc1ccccc1Cl)C(=O)C1CCN(c2ccc(C=O)cc2)CC1. The van der Waals surface area contributed by atoms with Crippen molar-refractivity contribution in [2.75, 3.05) is 24.5 Å². The normalized spacial score (nSPS) is 14.4. The molecule has 1 saturated heterocycles. The molecule has 28 heavy (non-hydrogen) atoms. The second-order valence-electron chi connectivity index (χ2n) is 6.96. The van der Waals surface area contributed by atoms with Gasteiger partial charge in [0.2, 0.25) is 5.91 Å². The molecule has 0 unspecified atom stereocenters. The topological polar surface area (TPSA) is 40.6 Å². The molecule has 1 aliphatic heterocycles. The van der Waals surface area contributed by atoms with Crippen LogP contribution in [0.3, 0.4) is 0 Å². The molecular formula is C23H23ClN2O2. The van der Waals surface area contributed by atoms with Crippen molar-refractivity contribution in [3.8, 4) is 12.3 Å². The molecule has 1 heterocycles. The van der Waals surface area contributed by atoms with E-state index in [0.29, 0.717) is 17.1 Å². The fraction of sp³-hybridized carbons (Fsp3) is 0.304. The summed E-state index contributed by atoms with van der Waals surface area (Å²) in [5.74, 6) is 2.65. The first-order valence-electron chi connectivity index (χ1n) is 9.38. The van der Waals surface area contributed by atoms with Crippen LogP contribution in [0.15, 0.2) is 48.5 Å². The Kier molecular flexibility index (Phi) is 6.73. The summed E-state index contributed by atoms with van der Waals surface area (Å²) < 4.78 is 0. The number of carbonyl (C=O) groups excluding carboxylic acids is 2. The van der Waals surface area contributed by atoms with Gasteiger partial charge in [-0.05, 0) is 48.7 Å². The molecule has 4 nitrogen and oxygen atoms in total. The second-order valence-corrected chi connectivity index (χ2v) is 7.37. The van der Waals surface area contributed by atoms with Gasteiger partial charge < -0.3 is 9.80 Å². The maximum absolute atomic E-state index is 13.1. The summed E-state index contributed by atoms with van der Waals surface area (Å²) in [5.41, 5.74) is 2.65. The number of benzene rings is 2. The highest BCUT2D eigenvalue weighted by molar-refractivity contribution is 6.31. The lowest BCUT2D eigenvalue weighted by Crippen LogP contribution is -2.42. The van der Waals surface area contributed by atoms with Crippen LogP contribution in [0, 0.1) is 18.3 Å². The summed E-state index contributed by atoms with van der Waals surface area (Å²) in [7, 11) is 0. The van der Waals surface area contributed by atoms with E-state index in [0.717, 1.165) is 43.5 Å². The average Bonchev–Trinajstić information content (AvgIpc) is 2.74. The Morgan fingerprint density at radius 1 is 1.18 bits per heavy atom. The minimum Gasteiger partial charge on any atom is -0.371 e. The number of halogens is 1. The maximum Gasteiger partial charge on any atom is 0.226 e. The van der Waals surface area contributed by atoms with Gasteiger partial charge in [0, 0.05) is 41.8 Å². The third-order valence-electron chi connectivity index (χ3n) is 5.15. The molecule has 1 fully saturated rings. The summed E-state index contributed by atoms with van der Waals surface area (Å²) >= 11 is 6.25. The third kappa shape index (κ3) is 4.74. The quantitative estimate of drug-likeness (QED) is 0.548. The van der Waals surface area contributed by atoms with Gasteiger partial charge in [-0.15, -0.1) is 6.42 Å². The molecule has 1 amide bonds. The van der Waals surface area contributed by atoms with E-state index in [2.05, 4.69) is 10.8 Å². The molecule has 2 aromatic rings. The first kappa shape index (κ1) is 20.0. The first-order chi connectivity index (χ1) is 13.6. The zero-order valence-corrected chi connectivity index (χ0v) is 16.4. The minimum absolute atomic E-state index is 0.0404.